The number of benzene rings is 2. The van der Waals surface area contributed by atoms with E-state index in [4.69, 9.17) is 0 Å². The van der Waals surface area contributed by atoms with Crippen molar-refractivity contribution >= 4 is 21.6 Å². The van der Waals surface area contributed by atoms with Crippen molar-refractivity contribution < 1.29 is 13.2 Å². The Bertz CT molecular complexity index is 1020. The molecule has 1 N–H and O–H groups in total. The first-order valence-corrected chi connectivity index (χ1v) is 12.5. The highest BCUT2D eigenvalue weighted by Crippen LogP contribution is 2.27. The molecule has 3 rings (SSSR count). The Hall–Kier alpha value is -2.34. The Morgan fingerprint density at radius 2 is 1.80 bits per heavy atom. The lowest BCUT2D eigenvalue weighted by molar-refractivity contribution is -0.122. The number of nitrogens with zero attached hydrogens (tertiary/aromatic N) is 1. The van der Waals surface area contributed by atoms with E-state index in [9.17, 15) is 13.2 Å². The lowest BCUT2D eigenvalue weighted by atomic mass is 9.88. The maximum Gasteiger partial charge on any atom is 0.244 e. The Balaban J connectivity index is 1.83. The molecule has 5 nitrogen and oxygen atoms in total. The first-order chi connectivity index (χ1) is 14.2. The first kappa shape index (κ1) is 22.3. The third-order valence-corrected chi connectivity index (χ3v) is 7.09. The fourth-order valence-corrected chi connectivity index (χ4v) is 5.42. The van der Waals surface area contributed by atoms with E-state index in [2.05, 4.69) is 23.5 Å². The molecule has 0 aliphatic heterocycles. The predicted octanol–water partition coefficient (Wildman–Crippen LogP) is 4.30. The number of rotatable bonds is 7. The quantitative estimate of drug-likeness (QED) is 0.715. The van der Waals surface area contributed by atoms with Gasteiger partial charge >= 0.3 is 0 Å². The fourth-order valence-electron chi connectivity index (χ4n) is 4.26. The zero-order valence-corrected chi connectivity index (χ0v) is 19.1. The lowest BCUT2D eigenvalue weighted by Gasteiger charge is -2.30. The fraction of sp³-hybridized carbons (Fsp3) is 0.458. The summed E-state index contributed by atoms with van der Waals surface area (Å²) in [4.78, 5) is 13.1. The van der Waals surface area contributed by atoms with Crippen molar-refractivity contribution in [1.82, 2.24) is 5.32 Å². The van der Waals surface area contributed by atoms with Crippen LogP contribution in [0.1, 0.15) is 61.4 Å². The number of amides is 1. The van der Waals surface area contributed by atoms with Gasteiger partial charge in [0, 0.05) is 0 Å². The minimum Gasteiger partial charge on any atom is -0.347 e. The summed E-state index contributed by atoms with van der Waals surface area (Å²) in [6.07, 6.45) is 6.52. The van der Waals surface area contributed by atoms with E-state index in [1.807, 2.05) is 19.9 Å². The second kappa shape index (κ2) is 9.21. The molecule has 2 unspecified atom stereocenters. The number of aryl methyl sites for hydroxylation is 3. The standard InChI is InChI=1S/C24H32N2O3S/c1-5-23(21-14-13-19-10-6-7-11-20(19)16-21)25-24(27)18(3)26(30(4,28)29)22-12-8-9-17(2)15-22/h8-9,12-16,18,23H,5-7,10-11H2,1-4H3,(H,25,27). The number of anilines is 1. The van der Waals surface area contributed by atoms with Gasteiger partial charge in [-0.05, 0) is 80.3 Å². The molecule has 6 heteroatoms. The molecule has 0 saturated heterocycles. The van der Waals surface area contributed by atoms with Crippen LogP contribution in [0.5, 0.6) is 0 Å². The van der Waals surface area contributed by atoms with Crippen molar-refractivity contribution in [2.24, 2.45) is 0 Å². The summed E-state index contributed by atoms with van der Waals surface area (Å²) in [5, 5.41) is 3.08. The summed E-state index contributed by atoms with van der Waals surface area (Å²) in [5.74, 6) is -0.300. The van der Waals surface area contributed by atoms with Crippen LogP contribution in [0.3, 0.4) is 0 Å². The van der Waals surface area contributed by atoms with E-state index in [0.717, 1.165) is 36.6 Å². The Labute approximate surface area is 180 Å². The highest BCUT2D eigenvalue weighted by atomic mass is 32.2. The SMILES string of the molecule is CCC(NC(=O)C(C)N(c1cccc(C)c1)S(C)(=O)=O)c1ccc2c(c1)CCCC2. The molecule has 2 aromatic rings. The van der Waals surface area contributed by atoms with Crippen LogP contribution in [-0.4, -0.2) is 26.6 Å². The van der Waals surface area contributed by atoms with Crippen molar-refractivity contribution in [1.29, 1.82) is 0 Å². The summed E-state index contributed by atoms with van der Waals surface area (Å²) < 4.78 is 26.2. The molecule has 2 aromatic carbocycles. The molecule has 162 valence electrons. The monoisotopic (exact) mass is 428 g/mol. The predicted molar refractivity (Wildman–Crippen MR) is 122 cm³/mol. The van der Waals surface area contributed by atoms with Crippen LogP contribution >= 0.6 is 0 Å². The second-order valence-electron chi connectivity index (χ2n) is 8.28. The Kier molecular flexibility index (Phi) is 6.86. The average Bonchev–Trinajstić information content (AvgIpc) is 2.70. The molecule has 0 bridgehead atoms. The molecule has 0 fully saturated rings. The van der Waals surface area contributed by atoms with Crippen molar-refractivity contribution in [3.63, 3.8) is 0 Å². The molecule has 0 saturated carbocycles. The van der Waals surface area contributed by atoms with Gasteiger partial charge in [0.05, 0.1) is 18.0 Å². The summed E-state index contributed by atoms with van der Waals surface area (Å²) in [6, 6.07) is 12.7. The molecule has 30 heavy (non-hydrogen) atoms. The Morgan fingerprint density at radius 3 is 2.43 bits per heavy atom. The normalized spacial score (nSPS) is 15.7. The van der Waals surface area contributed by atoms with Gasteiger partial charge in [-0.1, -0.05) is 37.3 Å². The molecule has 0 spiro atoms. The van der Waals surface area contributed by atoms with Gasteiger partial charge in [-0.15, -0.1) is 0 Å². The molecule has 1 aliphatic rings. The van der Waals surface area contributed by atoms with E-state index in [0.29, 0.717) is 5.69 Å². The van der Waals surface area contributed by atoms with Gasteiger partial charge in [0.2, 0.25) is 15.9 Å². The molecule has 1 amide bonds. The highest BCUT2D eigenvalue weighted by Gasteiger charge is 2.30. The van der Waals surface area contributed by atoms with Crippen LogP contribution < -0.4 is 9.62 Å². The molecule has 2 atom stereocenters. The van der Waals surface area contributed by atoms with Gasteiger partial charge in [0.15, 0.2) is 0 Å². The molecule has 0 heterocycles. The smallest absolute Gasteiger partial charge is 0.244 e. The molecular formula is C24H32N2O3S. The first-order valence-electron chi connectivity index (χ1n) is 10.7. The van der Waals surface area contributed by atoms with E-state index in [-0.39, 0.29) is 11.9 Å². The third-order valence-electron chi connectivity index (χ3n) is 5.84. The van der Waals surface area contributed by atoms with E-state index in [1.54, 1.807) is 25.1 Å². The molecule has 1 aliphatic carbocycles. The van der Waals surface area contributed by atoms with Crippen LogP contribution in [0.15, 0.2) is 42.5 Å². The number of carbonyl (C=O) groups excluding carboxylic acids is 1. The minimum absolute atomic E-state index is 0.147. The highest BCUT2D eigenvalue weighted by molar-refractivity contribution is 7.92. The third kappa shape index (κ3) is 5.04. The van der Waals surface area contributed by atoms with Crippen LogP contribution in [0.4, 0.5) is 5.69 Å². The summed E-state index contributed by atoms with van der Waals surface area (Å²) >= 11 is 0. The van der Waals surface area contributed by atoms with Crippen molar-refractivity contribution in [2.45, 2.75) is 65.0 Å². The molecule has 0 aromatic heterocycles. The van der Waals surface area contributed by atoms with E-state index >= 15 is 0 Å². The minimum atomic E-state index is -3.63. The average molecular weight is 429 g/mol. The molecule has 0 radical (unpaired) electrons. The zero-order valence-electron chi connectivity index (χ0n) is 18.3. The van der Waals surface area contributed by atoms with Crippen LogP contribution in [0.25, 0.3) is 0 Å². The van der Waals surface area contributed by atoms with Gasteiger partial charge in [-0.2, -0.15) is 0 Å². The van der Waals surface area contributed by atoms with E-state index in [1.165, 1.54) is 28.3 Å². The zero-order chi connectivity index (χ0) is 21.9. The largest absolute Gasteiger partial charge is 0.347 e. The number of hydrogen-bond acceptors (Lipinski definition) is 3. The lowest BCUT2D eigenvalue weighted by Crippen LogP contribution is -2.48. The van der Waals surface area contributed by atoms with Crippen LogP contribution in [-0.2, 0) is 27.7 Å². The van der Waals surface area contributed by atoms with Gasteiger partial charge in [-0.3, -0.25) is 9.10 Å². The Morgan fingerprint density at radius 1 is 1.10 bits per heavy atom. The maximum absolute atomic E-state index is 13.1. The van der Waals surface area contributed by atoms with Gasteiger partial charge in [0.1, 0.15) is 6.04 Å². The van der Waals surface area contributed by atoms with Crippen LogP contribution in [0, 0.1) is 6.92 Å². The van der Waals surface area contributed by atoms with Gasteiger partial charge < -0.3 is 5.32 Å². The topological polar surface area (TPSA) is 66.5 Å². The summed E-state index contributed by atoms with van der Waals surface area (Å²) in [7, 11) is -3.63. The van der Waals surface area contributed by atoms with Gasteiger partial charge in [-0.25, -0.2) is 8.42 Å². The number of sulfonamides is 1. The second-order valence-corrected chi connectivity index (χ2v) is 10.1. The molecular weight excluding hydrogens is 396 g/mol. The number of hydrogen-bond donors (Lipinski definition) is 1. The van der Waals surface area contributed by atoms with Crippen LogP contribution in [0.2, 0.25) is 0 Å². The van der Waals surface area contributed by atoms with Crippen molar-refractivity contribution in [2.75, 3.05) is 10.6 Å². The number of nitrogens with one attached hydrogen (secondary N) is 1. The summed E-state index contributed by atoms with van der Waals surface area (Å²) in [5.41, 5.74) is 5.30. The summed E-state index contributed by atoms with van der Waals surface area (Å²) in [6.45, 7) is 5.57. The maximum atomic E-state index is 13.1. The van der Waals surface area contributed by atoms with Crippen molar-refractivity contribution in [3.8, 4) is 0 Å². The number of fused-ring (bicyclic) bond motifs is 1. The van der Waals surface area contributed by atoms with Crippen molar-refractivity contribution in [3.05, 3.63) is 64.7 Å². The number of carbonyl (C=O) groups is 1. The van der Waals surface area contributed by atoms with E-state index < -0.39 is 16.1 Å². The van der Waals surface area contributed by atoms with Gasteiger partial charge in [0.25, 0.3) is 0 Å².